The number of halogens is 1. The maximum Gasteiger partial charge on any atom is 0.244 e. The number of anilines is 1. The van der Waals surface area contributed by atoms with Gasteiger partial charge in [-0.25, -0.2) is 0 Å². The molecule has 1 aromatic rings. The molecule has 0 aromatic heterocycles. The third-order valence-corrected chi connectivity index (χ3v) is 5.06. The number of carbonyl (C=O) groups is 3. The molecule has 0 spiro atoms. The van der Waals surface area contributed by atoms with Crippen molar-refractivity contribution in [1.29, 1.82) is 0 Å². The number of fused-ring (bicyclic) bond motifs is 1. The lowest BCUT2D eigenvalue weighted by atomic mass is 9.85. The lowest BCUT2D eigenvalue weighted by Crippen LogP contribution is -2.38. The number of amides is 3. The summed E-state index contributed by atoms with van der Waals surface area (Å²) in [6, 6.07) is 3.30. The zero-order valence-electron chi connectivity index (χ0n) is 14.0. The van der Waals surface area contributed by atoms with Crippen LogP contribution >= 0.6 is 11.6 Å². The second kappa shape index (κ2) is 6.88. The zero-order valence-corrected chi connectivity index (χ0v) is 14.8. The average molecular weight is 363 g/mol. The molecule has 1 fully saturated rings. The van der Waals surface area contributed by atoms with E-state index in [1.807, 2.05) is 19.1 Å². The van der Waals surface area contributed by atoms with Crippen LogP contribution in [0.4, 0.5) is 5.69 Å². The molecule has 0 unspecified atom stereocenters. The van der Waals surface area contributed by atoms with Crippen LogP contribution in [0.3, 0.4) is 0 Å². The average Bonchev–Trinajstić information content (AvgIpc) is 2.83. The molecule has 1 heterocycles. The standard InChI is InChI=1S/C18H19ClN2O4/c1-10-7-14(15(25-2)8-13(10)19)20-16(22)9-21-17(23)11-5-3-4-6-12(11)18(21)24/h3-4,7-8,11-12H,5-6,9H2,1-2H3,(H,20,22)/t11-,12-/m1/s1. The Balaban J connectivity index is 1.72. The van der Waals surface area contributed by atoms with Crippen LogP contribution in [0.15, 0.2) is 24.3 Å². The minimum absolute atomic E-state index is 0.270. The van der Waals surface area contributed by atoms with Gasteiger partial charge in [-0.3, -0.25) is 19.3 Å². The van der Waals surface area contributed by atoms with Gasteiger partial charge in [0, 0.05) is 11.1 Å². The highest BCUT2D eigenvalue weighted by Crippen LogP contribution is 2.35. The van der Waals surface area contributed by atoms with Gasteiger partial charge in [0.2, 0.25) is 17.7 Å². The summed E-state index contributed by atoms with van der Waals surface area (Å²) in [4.78, 5) is 38.2. The zero-order chi connectivity index (χ0) is 18.1. The van der Waals surface area contributed by atoms with E-state index in [0.29, 0.717) is 29.3 Å². The molecule has 6 nitrogen and oxygen atoms in total. The fraction of sp³-hybridized carbons (Fsp3) is 0.389. The van der Waals surface area contributed by atoms with E-state index >= 15 is 0 Å². The molecule has 3 amide bonds. The lowest BCUT2D eigenvalue weighted by molar-refractivity contribution is -0.142. The SMILES string of the molecule is COc1cc(Cl)c(C)cc1NC(=O)CN1C(=O)[C@@H]2CC=CC[C@H]2C1=O. The molecule has 1 aliphatic heterocycles. The van der Waals surface area contributed by atoms with Crippen LogP contribution in [0.5, 0.6) is 5.75 Å². The molecule has 25 heavy (non-hydrogen) atoms. The van der Waals surface area contributed by atoms with E-state index in [2.05, 4.69) is 5.32 Å². The summed E-state index contributed by atoms with van der Waals surface area (Å²) in [5.74, 6) is -1.24. The van der Waals surface area contributed by atoms with Gasteiger partial charge in [-0.1, -0.05) is 23.8 Å². The van der Waals surface area contributed by atoms with Gasteiger partial charge < -0.3 is 10.1 Å². The summed E-state index contributed by atoms with van der Waals surface area (Å²) >= 11 is 6.05. The number of aryl methyl sites for hydroxylation is 1. The first-order valence-corrected chi connectivity index (χ1v) is 8.44. The monoisotopic (exact) mass is 362 g/mol. The van der Waals surface area contributed by atoms with E-state index in [4.69, 9.17) is 16.3 Å². The predicted molar refractivity (Wildman–Crippen MR) is 93.4 cm³/mol. The predicted octanol–water partition coefficient (Wildman–Crippen LogP) is 2.55. The summed E-state index contributed by atoms with van der Waals surface area (Å²) in [5.41, 5.74) is 1.23. The third kappa shape index (κ3) is 3.26. The molecule has 1 N–H and O–H groups in total. The molecule has 1 aliphatic carbocycles. The fourth-order valence-corrected chi connectivity index (χ4v) is 3.44. The highest BCUT2D eigenvalue weighted by Gasteiger charge is 2.47. The van der Waals surface area contributed by atoms with Crippen molar-refractivity contribution < 1.29 is 19.1 Å². The number of nitrogens with one attached hydrogen (secondary N) is 1. The van der Waals surface area contributed by atoms with Crippen molar-refractivity contribution in [2.45, 2.75) is 19.8 Å². The molecule has 1 saturated heterocycles. The summed E-state index contributed by atoms with van der Waals surface area (Å²) < 4.78 is 5.22. The Kier molecular flexibility index (Phi) is 4.81. The molecule has 0 bridgehead atoms. The van der Waals surface area contributed by atoms with E-state index in [9.17, 15) is 14.4 Å². The Hall–Kier alpha value is -2.34. The van der Waals surface area contributed by atoms with Crippen molar-refractivity contribution in [3.63, 3.8) is 0 Å². The van der Waals surface area contributed by atoms with E-state index in [0.717, 1.165) is 10.5 Å². The highest BCUT2D eigenvalue weighted by atomic mass is 35.5. The van der Waals surface area contributed by atoms with Gasteiger partial charge in [0.15, 0.2) is 0 Å². The normalized spacial score (nSPS) is 22.1. The maximum atomic E-state index is 12.4. The maximum absolute atomic E-state index is 12.4. The Morgan fingerprint density at radius 3 is 2.40 bits per heavy atom. The molecule has 2 aliphatic rings. The molecular formula is C18H19ClN2O4. The van der Waals surface area contributed by atoms with Crippen LogP contribution in [0.2, 0.25) is 5.02 Å². The summed E-state index contributed by atoms with van der Waals surface area (Å²) in [6.07, 6.45) is 4.93. The number of allylic oxidation sites excluding steroid dienone is 2. The summed E-state index contributed by atoms with van der Waals surface area (Å²) in [6.45, 7) is 1.51. The molecular weight excluding hydrogens is 344 g/mol. The van der Waals surface area contributed by atoms with Crippen molar-refractivity contribution in [1.82, 2.24) is 4.90 Å². The molecule has 1 aromatic carbocycles. The molecule has 3 rings (SSSR count). The largest absolute Gasteiger partial charge is 0.495 e. The van der Waals surface area contributed by atoms with Crippen LogP contribution in [0.1, 0.15) is 18.4 Å². The number of methoxy groups -OCH3 is 1. The first kappa shape index (κ1) is 17.5. The number of hydrogen-bond donors (Lipinski definition) is 1. The van der Waals surface area contributed by atoms with Crippen molar-refractivity contribution in [3.05, 3.63) is 34.9 Å². The van der Waals surface area contributed by atoms with E-state index in [-0.39, 0.29) is 30.2 Å². The molecule has 0 radical (unpaired) electrons. The van der Waals surface area contributed by atoms with Crippen LogP contribution in [0.25, 0.3) is 0 Å². The van der Waals surface area contributed by atoms with Gasteiger partial charge in [0.1, 0.15) is 12.3 Å². The number of nitrogens with zero attached hydrogens (tertiary/aromatic N) is 1. The smallest absolute Gasteiger partial charge is 0.244 e. The lowest BCUT2D eigenvalue weighted by Gasteiger charge is -2.16. The van der Waals surface area contributed by atoms with Gasteiger partial charge in [0.05, 0.1) is 24.6 Å². The van der Waals surface area contributed by atoms with Crippen LogP contribution < -0.4 is 10.1 Å². The highest BCUT2D eigenvalue weighted by molar-refractivity contribution is 6.31. The number of hydrogen-bond acceptors (Lipinski definition) is 4. The third-order valence-electron chi connectivity index (χ3n) is 4.66. The van der Waals surface area contributed by atoms with Gasteiger partial charge in [-0.05, 0) is 31.4 Å². The van der Waals surface area contributed by atoms with Crippen molar-refractivity contribution >= 4 is 35.0 Å². The van der Waals surface area contributed by atoms with Crippen LogP contribution in [-0.2, 0) is 14.4 Å². The number of benzene rings is 1. The Bertz CT molecular complexity index is 749. The Labute approximate surface area is 150 Å². The Morgan fingerprint density at radius 1 is 1.24 bits per heavy atom. The topological polar surface area (TPSA) is 75.7 Å². The van der Waals surface area contributed by atoms with Crippen molar-refractivity contribution in [2.24, 2.45) is 11.8 Å². The van der Waals surface area contributed by atoms with Gasteiger partial charge >= 0.3 is 0 Å². The van der Waals surface area contributed by atoms with E-state index in [1.165, 1.54) is 7.11 Å². The van der Waals surface area contributed by atoms with Crippen LogP contribution in [-0.4, -0.2) is 36.3 Å². The van der Waals surface area contributed by atoms with Gasteiger partial charge in [0.25, 0.3) is 0 Å². The summed E-state index contributed by atoms with van der Waals surface area (Å²) in [5, 5.41) is 3.22. The van der Waals surface area contributed by atoms with Crippen LogP contribution in [0, 0.1) is 18.8 Å². The first-order valence-electron chi connectivity index (χ1n) is 8.06. The molecule has 7 heteroatoms. The summed E-state index contributed by atoms with van der Waals surface area (Å²) in [7, 11) is 1.47. The number of rotatable bonds is 4. The minimum atomic E-state index is -0.451. The van der Waals surface area contributed by atoms with E-state index in [1.54, 1.807) is 12.1 Å². The quantitative estimate of drug-likeness (QED) is 0.659. The number of likely N-dealkylation sites (tertiary alicyclic amines) is 1. The fourth-order valence-electron chi connectivity index (χ4n) is 3.29. The minimum Gasteiger partial charge on any atom is -0.495 e. The molecule has 2 atom stereocenters. The first-order chi connectivity index (χ1) is 11.9. The van der Waals surface area contributed by atoms with Gasteiger partial charge in [-0.2, -0.15) is 0 Å². The van der Waals surface area contributed by atoms with Crippen molar-refractivity contribution in [3.8, 4) is 5.75 Å². The second-order valence-electron chi connectivity index (χ2n) is 6.27. The molecule has 132 valence electrons. The molecule has 0 saturated carbocycles. The second-order valence-corrected chi connectivity index (χ2v) is 6.68. The number of carbonyl (C=O) groups excluding carboxylic acids is 3. The van der Waals surface area contributed by atoms with Crippen molar-refractivity contribution in [2.75, 3.05) is 19.0 Å². The van der Waals surface area contributed by atoms with E-state index < -0.39 is 5.91 Å². The van der Waals surface area contributed by atoms with Gasteiger partial charge in [-0.15, -0.1) is 0 Å². The Morgan fingerprint density at radius 2 is 1.84 bits per heavy atom. The number of ether oxygens (including phenoxy) is 1. The number of imide groups is 1.